The summed E-state index contributed by atoms with van der Waals surface area (Å²) in [6.07, 6.45) is 3.96. The van der Waals surface area contributed by atoms with E-state index in [4.69, 9.17) is 10.8 Å². The molecule has 1 fully saturated rings. The molecule has 0 bridgehead atoms. The van der Waals surface area contributed by atoms with E-state index in [9.17, 15) is 13.2 Å². The maximum absolute atomic E-state index is 12.6. The summed E-state index contributed by atoms with van der Waals surface area (Å²) < 4.78 is 27.7. The predicted octanol–water partition coefficient (Wildman–Crippen LogP) is 2.98. The molecule has 28 heavy (non-hydrogen) atoms. The molecule has 0 spiro atoms. The number of hydrogen-bond acceptors (Lipinski definition) is 6. The number of rotatable bonds is 6. The normalized spacial score (nSPS) is 20.0. The van der Waals surface area contributed by atoms with Crippen molar-refractivity contribution in [3.05, 3.63) is 29.4 Å². The Morgan fingerprint density at radius 3 is 2.68 bits per heavy atom. The molecule has 1 saturated carbocycles. The van der Waals surface area contributed by atoms with E-state index in [0.717, 1.165) is 35.6 Å². The van der Waals surface area contributed by atoms with Gasteiger partial charge in [0.15, 0.2) is 0 Å². The lowest BCUT2D eigenvalue weighted by Gasteiger charge is -2.27. The SMILES string of the molecule is CCNS(=O)(=O)c1cc(N)ccc1-c1cnc(C2CCC(NC(=O)O)CC2)s1. The zero-order valence-electron chi connectivity index (χ0n) is 15.5. The van der Waals surface area contributed by atoms with Gasteiger partial charge in [-0.3, -0.25) is 0 Å². The van der Waals surface area contributed by atoms with Crippen LogP contribution in [0.2, 0.25) is 0 Å². The van der Waals surface area contributed by atoms with Gasteiger partial charge in [-0.1, -0.05) is 13.0 Å². The van der Waals surface area contributed by atoms with Crippen LogP contribution in [0.4, 0.5) is 10.5 Å². The van der Waals surface area contributed by atoms with Crippen molar-refractivity contribution in [2.75, 3.05) is 12.3 Å². The number of aromatic nitrogens is 1. The highest BCUT2D eigenvalue weighted by molar-refractivity contribution is 7.89. The summed E-state index contributed by atoms with van der Waals surface area (Å²) in [5.74, 6) is 0.258. The Morgan fingerprint density at radius 1 is 1.32 bits per heavy atom. The lowest BCUT2D eigenvalue weighted by Crippen LogP contribution is -2.36. The summed E-state index contributed by atoms with van der Waals surface area (Å²) in [4.78, 5) is 16.2. The number of nitrogens with one attached hydrogen (secondary N) is 2. The molecule has 1 heterocycles. The van der Waals surface area contributed by atoms with Gasteiger partial charge in [-0.25, -0.2) is 22.9 Å². The van der Waals surface area contributed by atoms with Crippen LogP contribution in [0.1, 0.15) is 43.5 Å². The van der Waals surface area contributed by atoms with Crippen LogP contribution in [-0.4, -0.2) is 37.2 Å². The minimum atomic E-state index is -3.66. The van der Waals surface area contributed by atoms with Crippen molar-refractivity contribution in [2.45, 2.75) is 49.5 Å². The molecule has 2 aromatic rings. The molecule has 1 aliphatic carbocycles. The Labute approximate surface area is 168 Å². The van der Waals surface area contributed by atoms with E-state index in [1.54, 1.807) is 25.3 Å². The van der Waals surface area contributed by atoms with Gasteiger partial charge in [0.05, 0.1) is 14.8 Å². The van der Waals surface area contributed by atoms with Crippen LogP contribution in [0.15, 0.2) is 29.3 Å². The maximum atomic E-state index is 12.6. The van der Waals surface area contributed by atoms with Gasteiger partial charge < -0.3 is 16.2 Å². The number of carboxylic acid groups (broad SMARTS) is 1. The van der Waals surface area contributed by atoms with Crippen LogP contribution in [-0.2, 0) is 10.0 Å². The lowest BCUT2D eigenvalue weighted by molar-refractivity contribution is 0.185. The molecule has 0 unspecified atom stereocenters. The topological polar surface area (TPSA) is 134 Å². The molecule has 152 valence electrons. The van der Waals surface area contributed by atoms with Gasteiger partial charge in [0.25, 0.3) is 0 Å². The number of benzene rings is 1. The molecule has 5 N–H and O–H groups in total. The monoisotopic (exact) mass is 424 g/mol. The van der Waals surface area contributed by atoms with Crippen molar-refractivity contribution in [1.82, 2.24) is 15.0 Å². The third kappa shape index (κ3) is 4.62. The summed E-state index contributed by atoms with van der Waals surface area (Å²) in [7, 11) is -3.66. The summed E-state index contributed by atoms with van der Waals surface area (Å²) in [6, 6.07) is 4.85. The molecule has 1 aliphatic rings. The number of sulfonamides is 1. The number of nitrogens with zero attached hydrogens (tertiary/aromatic N) is 1. The molecule has 1 aromatic heterocycles. The average Bonchev–Trinajstić information content (AvgIpc) is 3.11. The molecular weight excluding hydrogens is 400 g/mol. The van der Waals surface area contributed by atoms with Gasteiger partial charge >= 0.3 is 6.09 Å². The number of thiazole rings is 1. The first-order valence-electron chi connectivity index (χ1n) is 9.15. The number of nitrogen functional groups attached to an aromatic ring is 1. The van der Waals surface area contributed by atoms with E-state index in [2.05, 4.69) is 15.0 Å². The second-order valence-electron chi connectivity index (χ2n) is 6.82. The van der Waals surface area contributed by atoms with Crippen LogP contribution in [0.25, 0.3) is 10.4 Å². The second-order valence-corrected chi connectivity index (χ2v) is 9.62. The van der Waals surface area contributed by atoms with Crippen molar-refractivity contribution < 1.29 is 18.3 Å². The van der Waals surface area contributed by atoms with Gasteiger partial charge in [0.1, 0.15) is 0 Å². The molecule has 0 atom stereocenters. The molecule has 3 rings (SSSR count). The van der Waals surface area contributed by atoms with Crippen LogP contribution in [0.3, 0.4) is 0 Å². The lowest BCUT2D eigenvalue weighted by atomic mass is 9.86. The van der Waals surface area contributed by atoms with E-state index in [0.29, 0.717) is 11.3 Å². The quantitative estimate of drug-likeness (QED) is 0.527. The van der Waals surface area contributed by atoms with Crippen molar-refractivity contribution in [3.8, 4) is 10.4 Å². The first kappa shape index (κ1) is 20.6. The number of amides is 1. The van der Waals surface area contributed by atoms with E-state index in [1.807, 2.05) is 0 Å². The Morgan fingerprint density at radius 2 is 2.04 bits per heavy atom. The number of carbonyl (C=O) groups is 1. The van der Waals surface area contributed by atoms with E-state index in [-0.39, 0.29) is 23.4 Å². The molecule has 8 nitrogen and oxygen atoms in total. The van der Waals surface area contributed by atoms with Crippen molar-refractivity contribution in [1.29, 1.82) is 0 Å². The predicted molar refractivity (Wildman–Crippen MR) is 109 cm³/mol. The first-order chi connectivity index (χ1) is 13.3. The summed E-state index contributed by atoms with van der Waals surface area (Å²) in [6.45, 7) is 2.02. The van der Waals surface area contributed by atoms with E-state index in [1.165, 1.54) is 17.4 Å². The highest BCUT2D eigenvalue weighted by Crippen LogP contribution is 2.39. The average molecular weight is 425 g/mol. The highest BCUT2D eigenvalue weighted by atomic mass is 32.2. The Hall–Kier alpha value is -2.17. The van der Waals surface area contributed by atoms with Crippen molar-refractivity contribution in [2.24, 2.45) is 0 Å². The van der Waals surface area contributed by atoms with Crippen molar-refractivity contribution >= 4 is 33.1 Å². The first-order valence-corrected chi connectivity index (χ1v) is 11.4. The molecular formula is C18H24N4O4S2. The third-order valence-corrected chi connectivity index (χ3v) is 7.60. The van der Waals surface area contributed by atoms with Crippen LogP contribution >= 0.6 is 11.3 Å². The van der Waals surface area contributed by atoms with Crippen molar-refractivity contribution in [3.63, 3.8) is 0 Å². The number of nitrogens with two attached hydrogens (primary N) is 1. The van der Waals surface area contributed by atoms with Gasteiger partial charge in [-0.15, -0.1) is 11.3 Å². The van der Waals surface area contributed by atoms with E-state index < -0.39 is 16.1 Å². The summed E-state index contributed by atoms with van der Waals surface area (Å²) in [5, 5.41) is 12.3. The van der Waals surface area contributed by atoms with Crippen LogP contribution in [0.5, 0.6) is 0 Å². The number of anilines is 1. The fourth-order valence-corrected chi connectivity index (χ4v) is 5.98. The molecule has 1 aromatic carbocycles. The highest BCUT2D eigenvalue weighted by Gasteiger charge is 2.26. The zero-order valence-corrected chi connectivity index (χ0v) is 17.1. The second kappa shape index (κ2) is 8.46. The Balaban J connectivity index is 1.83. The van der Waals surface area contributed by atoms with Gasteiger partial charge in [-0.2, -0.15) is 0 Å². The van der Waals surface area contributed by atoms with Gasteiger partial charge in [-0.05, 0) is 37.8 Å². The fraction of sp³-hybridized carbons (Fsp3) is 0.444. The summed E-state index contributed by atoms with van der Waals surface area (Å²) >= 11 is 1.48. The van der Waals surface area contributed by atoms with Crippen LogP contribution < -0.4 is 15.8 Å². The molecule has 1 amide bonds. The Kier molecular flexibility index (Phi) is 6.21. The maximum Gasteiger partial charge on any atom is 0.404 e. The third-order valence-electron chi connectivity index (χ3n) is 4.82. The smallest absolute Gasteiger partial charge is 0.404 e. The van der Waals surface area contributed by atoms with Gasteiger partial charge in [0.2, 0.25) is 10.0 Å². The molecule has 0 aliphatic heterocycles. The van der Waals surface area contributed by atoms with E-state index >= 15 is 0 Å². The molecule has 10 heteroatoms. The molecule has 0 saturated heterocycles. The summed E-state index contributed by atoms with van der Waals surface area (Å²) in [5.41, 5.74) is 6.78. The van der Waals surface area contributed by atoms with Gasteiger partial charge in [0, 0.05) is 36.0 Å². The largest absolute Gasteiger partial charge is 0.465 e. The van der Waals surface area contributed by atoms with Crippen LogP contribution in [0, 0.1) is 0 Å². The fourth-order valence-electron chi connectivity index (χ4n) is 3.49. The Bertz CT molecular complexity index is 950. The number of hydrogen-bond donors (Lipinski definition) is 4. The zero-order chi connectivity index (χ0) is 20.3. The standard InChI is InChI=1S/C18H24N4O4S2/c1-2-21-28(25,26)16-9-12(19)5-8-14(16)15-10-20-17(27-15)11-3-6-13(7-4-11)22-18(23)24/h5,8-11,13,21-22H,2-4,6-7,19H2,1H3,(H,23,24). The minimum absolute atomic E-state index is 0.0119. The molecule has 0 radical (unpaired) electrons. The minimum Gasteiger partial charge on any atom is -0.465 e.